The summed E-state index contributed by atoms with van der Waals surface area (Å²) in [6.07, 6.45) is 3.23. The lowest BCUT2D eigenvalue weighted by molar-refractivity contribution is -0.131. The number of nitrogens with zero attached hydrogens (tertiary/aromatic N) is 3. The summed E-state index contributed by atoms with van der Waals surface area (Å²) in [5, 5.41) is 3.93. The number of rotatable bonds is 3. The number of hydrogen-bond acceptors (Lipinski definition) is 5. The zero-order chi connectivity index (χ0) is 17.3. The van der Waals surface area contributed by atoms with E-state index in [1.165, 1.54) is 0 Å². The smallest absolute Gasteiger partial charge is 0.410 e. The van der Waals surface area contributed by atoms with Gasteiger partial charge in [-0.05, 0) is 33.1 Å². The Hall–Kier alpha value is -2.05. The molecule has 0 aromatic carbocycles. The lowest BCUT2D eigenvalue weighted by Gasteiger charge is -2.25. The summed E-state index contributed by atoms with van der Waals surface area (Å²) in [5.41, 5.74) is 1.47. The van der Waals surface area contributed by atoms with Crippen molar-refractivity contribution >= 4 is 12.0 Å². The van der Waals surface area contributed by atoms with Crippen molar-refractivity contribution in [2.24, 2.45) is 0 Å². The molecule has 1 aromatic heterocycles. The Labute approximate surface area is 141 Å². The largest absolute Gasteiger partial charge is 0.441 e. The average Bonchev–Trinajstić information content (AvgIpc) is 2.90. The van der Waals surface area contributed by atoms with Crippen LogP contribution in [-0.4, -0.2) is 59.2 Å². The molecule has 2 aliphatic heterocycles. The third-order valence-corrected chi connectivity index (χ3v) is 5.16. The molecule has 7 heteroatoms. The summed E-state index contributed by atoms with van der Waals surface area (Å²) in [4.78, 5) is 27.8. The van der Waals surface area contributed by atoms with Crippen LogP contribution >= 0.6 is 0 Å². The molecule has 0 bridgehead atoms. The quantitative estimate of drug-likeness (QED) is 0.845. The number of likely N-dealkylation sites (tertiary alicyclic amines) is 1. The third kappa shape index (κ3) is 3.25. The van der Waals surface area contributed by atoms with Gasteiger partial charge in [0.2, 0.25) is 5.91 Å². The van der Waals surface area contributed by atoms with Crippen LogP contribution in [0.15, 0.2) is 4.52 Å². The molecule has 2 amide bonds. The van der Waals surface area contributed by atoms with E-state index < -0.39 is 5.60 Å². The SMILES string of the molecule is Cc1noc(C)c1CCC(=O)N1CCC[C@@]2(CC1)CN(C)C(=O)O2. The maximum atomic E-state index is 12.6. The number of carbonyl (C=O) groups excluding carboxylic acids is 2. The number of hydrogen-bond donors (Lipinski definition) is 0. The molecule has 2 saturated heterocycles. The lowest BCUT2D eigenvalue weighted by atomic mass is 9.95. The second kappa shape index (κ2) is 6.45. The Kier molecular flexibility index (Phi) is 4.51. The second-order valence-electron chi connectivity index (χ2n) is 6.94. The number of aromatic nitrogens is 1. The fraction of sp³-hybridized carbons (Fsp3) is 0.706. The molecule has 1 aromatic rings. The van der Waals surface area contributed by atoms with Gasteiger partial charge in [0.05, 0.1) is 12.2 Å². The highest BCUT2D eigenvalue weighted by Crippen LogP contribution is 2.32. The van der Waals surface area contributed by atoms with Crippen molar-refractivity contribution in [2.45, 2.75) is 51.6 Å². The molecular formula is C17H25N3O4. The van der Waals surface area contributed by atoms with Gasteiger partial charge in [0.15, 0.2) is 0 Å². The fourth-order valence-electron chi connectivity index (χ4n) is 3.72. The molecule has 24 heavy (non-hydrogen) atoms. The first-order valence-corrected chi connectivity index (χ1v) is 8.54. The summed E-state index contributed by atoms with van der Waals surface area (Å²) in [6.45, 7) is 5.76. The van der Waals surface area contributed by atoms with Gasteiger partial charge in [0, 0.05) is 38.5 Å². The zero-order valence-corrected chi connectivity index (χ0v) is 14.6. The van der Waals surface area contributed by atoms with Crippen molar-refractivity contribution in [3.8, 4) is 0 Å². The van der Waals surface area contributed by atoms with Gasteiger partial charge in [-0.2, -0.15) is 0 Å². The first-order valence-electron chi connectivity index (χ1n) is 8.54. The topological polar surface area (TPSA) is 75.9 Å². The minimum atomic E-state index is -0.414. The zero-order valence-electron chi connectivity index (χ0n) is 14.6. The van der Waals surface area contributed by atoms with Crippen molar-refractivity contribution in [2.75, 3.05) is 26.7 Å². The van der Waals surface area contributed by atoms with Crippen molar-refractivity contribution in [3.63, 3.8) is 0 Å². The van der Waals surface area contributed by atoms with Crippen molar-refractivity contribution in [1.82, 2.24) is 15.0 Å². The van der Waals surface area contributed by atoms with E-state index in [0.717, 1.165) is 36.4 Å². The molecule has 3 rings (SSSR count). The van der Waals surface area contributed by atoms with Gasteiger partial charge in [-0.1, -0.05) is 5.16 Å². The lowest BCUT2D eigenvalue weighted by Crippen LogP contribution is -2.36. The van der Waals surface area contributed by atoms with Crippen LogP contribution in [-0.2, 0) is 16.0 Å². The third-order valence-electron chi connectivity index (χ3n) is 5.16. The van der Waals surface area contributed by atoms with Crippen LogP contribution in [0.4, 0.5) is 4.79 Å². The molecule has 1 atom stereocenters. The molecule has 2 aliphatic rings. The van der Waals surface area contributed by atoms with Crippen molar-refractivity contribution < 1.29 is 18.8 Å². The predicted molar refractivity (Wildman–Crippen MR) is 86.6 cm³/mol. The minimum Gasteiger partial charge on any atom is -0.441 e. The number of ether oxygens (including phenoxy) is 1. The average molecular weight is 335 g/mol. The molecule has 2 fully saturated rings. The van der Waals surface area contributed by atoms with Gasteiger partial charge in [-0.25, -0.2) is 4.79 Å². The number of aryl methyl sites for hydroxylation is 2. The monoisotopic (exact) mass is 335 g/mol. The molecule has 0 aliphatic carbocycles. The van der Waals surface area contributed by atoms with Gasteiger partial charge in [-0.3, -0.25) is 4.79 Å². The molecule has 0 radical (unpaired) electrons. The molecule has 132 valence electrons. The van der Waals surface area contributed by atoms with E-state index in [-0.39, 0.29) is 12.0 Å². The molecule has 1 spiro atoms. The van der Waals surface area contributed by atoms with E-state index in [1.54, 1.807) is 11.9 Å². The maximum Gasteiger partial charge on any atom is 0.410 e. The second-order valence-corrected chi connectivity index (χ2v) is 6.94. The molecule has 0 N–H and O–H groups in total. The summed E-state index contributed by atoms with van der Waals surface area (Å²) < 4.78 is 10.7. The van der Waals surface area contributed by atoms with Gasteiger partial charge in [0.1, 0.15) is 11.4 Å². The summed E-state index contributed by atoms with van der Waals surface area (Å²) >= 11 is 0. The normalized spacial score (nSPS) is 24.4. The maximum absolute atomic E-state index is 12.6. The first kappa shape index (κ1) is 16.8. The van der Waals surface area contributed by atoms with Gasteiger partial charge >= 0.3 is 6.09 Å². The summed E-state index contributed by atoms with van der Waals surface area (Å²) in [7, 11) is 1.76. The van der Waals surface area contributed by atoms with E-state index in [9.17, 15) is 9.59 Å². The van der Waals surface area contributed by atoms with Crippen LogP contribution in [0.25, 0.3) is 0 Å². The highest BCUT2D eigenvalue weighted by Gasteiger charge is 2.44. The fourth-order valence-corrected chi connectivity index (χ4v) is 3.72. The number of likely N-dealkylation sites (N-methyl/N-ethyl adjacent to an activating group) is 1. The highest BCUT2D eigenvalue weighted by molar-refractivity contribution is 5.76. The molecule has 0 unspecified atom stereocenters. The number of amides is 2. The van der Waals surface area contributed by atoms with Gasteiger partial charge in [0.25, 0.3) is 0 Å². The Balaban J connectivity index is 1.56. The van der Waals surface area contributed by atoms with Crippen LogP contribution in [0.2, 0.25) is 0 Å². The minimum absolute atomic E-state index is 0.143. The van der Waals surface area contributed by atoms with E-state index in [2.05, 4.69) is 5.16 Å². The summed E-state index contributed by atoms with van der Waals surface area (Å²) in [5.74, 6) is 0.931. The van der Waals surface area contributed by atoms with E-state index in [0.29, 0.717) is 32.4 Å². The van der Waals surface area contributed by atoms with Gasteiger partial charge in [-0.15, -0.1) is 0 Å². The van der Waals surface area contributed by atoms with Crippen LogP contribution < -0.4 is 0 Å². The highest BCUT2D eigenvalue weighted by atomic mass is 16.6. The van der Waals surface area contributed by atoms with Gasteiger partial charge < -0.3 is 19.1 Å². The van der Waals surface area contributed by atoms with Crippen LogP contribution in [0, 0.1) is 13.8 Å². The Bertz CT molecular complexity index is 622. The first-order chi connectivity index (χ1) is 11.4. The van der Waals surface area contributed by atoms with Crippen molar-refractivity contribution in [3.05, 3.63) is 17.0 Å². The molecule has 7 nitrogen and oxygen atoms in total. The Morgan fingerprint density at radius 3 is 2.71 bits per heavy atom. The van der Waals surface area contributed by atoms with Crippen LogP contribution in [0.1, 0.15) is 42.7 Å². The predicted octanol–water partition coefficient (Wildman–Crippen LogP) is 2.06. The van der Waals surface area contributed by atoms with E-state index in [1.807, 2.05) is 18.7 Å². The Morgan fingerprint density at radius 2 is 2.08 bits per heavy atom. The van der Waals surface area contributed by atoms with E-state index in [4.69, 9.17) is 9.26 Å². The molecule has 3 heterocycles. The van der Waals surface area contributed by atoms with E-state index >= 15 is 0 Å². The molecular weight excluding hydrogens is 310 g/mol. The molecule has 0 saturated carbocycles. The van der Waals surface area contributed by atoms with Crippen molar-refractivity contribution in [1.29, 1.82) is 0 Å². The van der Waals surface area contributed by atoms with Crippen LogP contribution in [0.3, 0.4) is 0 Å². The Morgan fingerprint density at radius 1 is 1.29 bits per heavy atom. The number of carbonyl (C=O) groups is 2. The van der Waals surface area contributed by atoms with Crippen LogP contribution in [0.5, 0.6) is 0 Å². The standard InChI is InChI=1S/C17H25N3O4/c1-12-14(13(2)24-18-12)5-6-15(21)20-9-4-7-17(8-10-20)11-19(3)16(22)23-17/h4-11H2,1-3H3/t17-/m1/s1. The summed E-state index contributed by atoms with van der Waals surface area (Å²) in [6, 6.07) is 0.